The maximum Gasteiger partial charge on any atom is 0.272 e. The number of amides is 1. The molecule has 106 valence electrons. The van der Waals surface area contributed by atoms with E-state index < -0.39 is 30.5 Å². The standard InChI is InChI=1S/C12H11F2N3O3/c13-10(14)8(18)5-15-12(20)9-6-3-1-2-4-7(6)11(19)17-16-9/h1-4,8,10,18H,5H2,(H,15,20)(H,17,19). The Morgan fingerprint density at radius 1 is 1.35 bits per heavy atom. The Balaban J connectivity index is 2.27. The van der Waals surface area contributed by atoms with Crippen LogP contribution in [0.1, 0.15) is 10.5 Å². The minimum atomic E-state index is -2.95. The van der Waals surface area contributed by atoms with Gasteiger partial charge >= 0.3 is 0 Å². The van der Waals surface area contributed by atoms with Crippen LogP contribution >= 0.6 is 0 Å². The molecular weight excluding hydrogens is 272 g/mol. The van der Waals surface area contributed by atoms with Crippen LogP contribution in [0.3, 0.4) is 0 Å². The summed E-state index contributed by atoms with van der Waals surface area (Å²) in [7, 11) is 0. The Kier molecular flexibility index (Phi) is 4.04. The number of benzene rings is 1. The van der Waals surface area contributed by atoms with Gasteiger partial charge in [0.15, 0.2) is 5.69 Å². The van der Waals surface area contributed by atoms with Gasteiger partial charge in [-0.25, -0.2) is 13.9 Å². The highest BCUT2D eigenvalue weighted by atomic mass is 19.3. The van der Waals surface area contributed by atoms with Crippen LogP contribution in [0.15, 0.2) is 29.1 Å². The number of alkyl halides is 2. The zero-order valence-corrected chi connectivity index (χ0v) is 10.1. The first kappa shape index (κ1) is 14.1. The molecule has 1 heterocycles. The van der Waals surface area contributed by atoms with Crippen molar-refractivity contribution in [3.05, 3.63) is 40.3 Å². The number of rotatable bonds is 4. The van der Waals surface area contributed by atoms with E-state index in [1.54, 1.807) is 12.1 Å². The molecule has 2 rings (SSSR count). The largest absolute Gasteiger partial charge is 0.385 e. The van der Waals surface area contributed by atoms with Crippen molar-refractivity contribution in [1.29, 1.82) is 0 Å². The van der Waals surface area contributed by atoms with Crippen molar-refractivity contribution < 1.29 is 18.7 Å². The fourth-order valence-electron chi connectivity index (χ4n) is 1.66. The van der Waals surface area contributed by atoms with Gasteiger partial charge in [-0.2, -0.15) is 5.10 Å². The zero-order valence-electron chi connectivity index (χ0n) is 10.1. The summed E-state index contributed by atoms with van der Waals surface area (Å²) < 4.78 is 24.2. The molecule has 2 aromatic rings. The van der Waals surface area contributed by atoms with E-state index in [1.807, 2.05) is 0 Å². The molecule has 3 N–H and O–H groups in total. The molecule has 1 aromatic heterocycles. The monoisotopic (exact) mass is 283 g/mol. The minimum absolute atomic E-state index is 0.0957. The number of hydrogen-bond acceptors (Lipinski definition) is 4. The summed E-state index contributed by atoms with van der Waals surface area (Å²) in [5.74, 6) is -0.753. The molecule has 0 radical (unpaired) electrons. The van der Waals surface area contributed by atoms with Gasteiger partial charge in [0.1, 0.15) is 6.10 Å². The topological polar surface area (TPSA) is 95.1 Å². The highest BCUT2D eigenvalue weighted by Crippen LogP contribution is 2.12. The minimum Gasteiger partial charge on any atom is -0.385 e. The fourth-order valence-corrected chi connectivity index (χ4v) is 1.66. The molecule has 1 amide bonds. The van der Waals surface area contributed by atoms with Crippen molar-refractivity contribution in [2.45, 2.75) is 12.5 Å². The molecule has 20 heavy (non-hydrogen) atoms. The highest BCUT2D eigenvalue weighted by molar-refractivity contribution is 6.04. The number of aromatic amines is 1. The molecule has 1 atom stereocenters. The lowest BCUT2D eigenvalue weighted by molar-refractivity contribution is -0.00272. The highest BCUT2D eigenvalue weighted by Gasteiger charge is 2.19. The number of aliphatic hydroxyl groups excluding tert-OH is 1. The van der Waals surface area contributed by atoms with Gasteiger partial charge in [0.2, 0.25) is 0 Å². The normalized spacial score (nSPS) is 12.6. The average molecular weight is 283 g/mol. The van der Waals surface area contributed by atoms with Crippen LogP contribution in [-0.4, -0.2) is 40.3 Å². The van der Waals surface area contributed by atoms with Crippen LogP contribution in [0.25, 0.3) is 10.8 Å². The summed E-state index contributed by atoms with van der Waals surface area (Å²) in [5.41, 5.74) is -0.550. The third kappa shape index (κ3) is 2.80. The maximum atomic E-state index is 12.1. The third-order valence-corrected chi connectivity index (χ3v) is 2.67. The van der Waals surface area contributed by atoms with Gasteiger partial charge < -0.3 is 10.4 Å². The van der Waals surface area contributed by atoms with Crippen molar-refractivity contribution in [1.82, 2.24) is 15.5 Å². The lowest BCUT2D eigenvalue weighted by Crippen LogP contribution is -2.36. The quantitative estimate of drug-likeness (QED) is 0.751. The van der Waals surface area contributed by atoms with Crippen LogP contribution in [0, 0.1) is 0 Å². The number of nitrogens with zero attached hydrogens (tertiary/aromatic N) is 1. The molecule has 0 aliphatic carbocycles. The molecule has 0 aliphatic rings. The first-order chi connectivity index (χ1) is 9.50. The number of aliphatic hydroxyl groups is 1. The summed E-state index contributed by atoms with van der Waals surface area (Å²) >= 11 is 0. The summed E-state index contributed by atoms with van der Waals surface area (Å²) in [4.78, 5) is 23.4. The number of H-pyrrole nitrogens is 1. The lowest BCUT2D eigenvalue weighted by Gasteiger charge is -2.10. The molecule has 1 unspecified atom stereocenters. The molecule has 0 fully saturated rings. The van der Waals surface area contributed by atoms with Gasteiger partial charge in [0.05, 0.1) is 5.39 Å². The number of carbonyl (C=O) groups excluding carboxylic acids is 1. The summed E-state index contributed by atoms with van der Waals surface area (Å²) in [5, 5.41) is 17.4. The molecule has 6 nitrogen and oxygen atoms in total. The molecule has 8 heteroatoms. The Hall–Kier alpha value is -2.35. The van der Waals surface area contributed by atoms with E-state index in [0.29, 0.717) is 5.39 Å². The second-order valence-electron chi connectivity index (χ2n) is 4.06. The van der Waals surface area contributed by atoms with Crippen molar-refractivity contribution in [2.75, 3.05) is 6.54 Å². The van der Waals surface area contributed by atoms with Crippen LogP contribution in [-0.2, 0) is 0 Å². The molecule has 1 aromatic carbocycles. The maximum absolute atomic E-state index is 12.1. The van der Waals surface area contributed by atoms with Gasteiger partial charge in [-0.15, -0.1) is 0 Å². The summed E-state index contributed by atoms with van der Waals surface area (Å²) in [6.07, 6.45) is -4.90. The molecular formula is C12H11F2N3O3. The molecule has 0 bridgehead atoms. The van der Waals surface area contributed by atoms with Crippen LogP contribution in [0.4, 0.5) is 8.78 Å². The Morgan fingerprint density at radius 3 is 2.65 bits per heavy atom. The number of carbonyl (C=O) groups is 1. The predicted octanol–water partition coefficient (Wildman–Crippen LogP) is 0.279. The number of hydrogen-bond donors (Lipinski definition) is 3. The van der Waals surface area contributed by atoms with Gasteiger partial charge in [-0.05, 0) is 6.07 Å². The number of nitrogens with one attached hydrogen (secondary N) is 2. The number of fused-ring (bicyclic) bond motifs is 1. The van der Waals surface area contributed by atoms with Crippen molar-refractivity contribution in [3.63, 3.8) is 0 Å². The second-order valence-corrected chi connectivity index (χ2v) is 4.06. The van der Waals surface area contributed by atoms with Crippen molar-refractivity contribution in [3.8, 4) is 0 Å². The van der Waals surface area contributed by atoms with Gasteiger partial charge in [-0.1, -0.05) is 18.2 Å². The van der Waals surface area contributed by atoms with E-state index in [2.05, 4.69) is 15.5 Å². The molecule has 0 aliphatic heterocycles. The third-order valence-electron chi connectivity index (χ3n) is 2.67. The Labute approximate surface area is 111 Å². The van der Waals surface area contributed by atoms with Crippen LogP contribution in [0.5, 0.6) is 0 Å². The molecule has 0 saturated carbocycles. The number of aromatic nitrogens is 2. The van der Waals surface area contributed by atoms with E-state index in [0.717, 1.165) is 0 Å². The smallest absolute Gasteiger partial charge is 0.272 e. The van der Waals surface area contributed by atoms with Gasteiger partial charge in [0.25, 0.3) is 17.9 Å². The average Bonchev–Trinajstić information content (AvgIpc) is 2.45. The number of halogens is 2. The first-order valence-electron chi connectivity index (χ1n) is 5.72. The second kappa shape index (κ2) is 5.74. The summed E-state index contributed by atoms with van der Waals surface area (Å²) in [6.45, 7) is -0.606. The van der Waals surface area contributed by atoms with Crippen molar-refractivity contribution >= 4 is 16.7 Å². The summed E-state index contributed by atoms with van der Waals surface area (Å²) in [6, 6.07) is 6.28. The van der Waals surface area contributed by atoms with Gasteiger partial charge in [0, 0.05) is 11.9 Å². The lowest BCUT2D eigenvalue weighted by atomic mass is 10.1. The SMILES string of the molecule is O=C(NCC(O)C(F)F)c1n[nH]c(=O)c2ccccc12. The van der Waals surface area contributed by atoms with E-state index in [9.17, 15) is 18.4 Å². The van der Waals surface area contributed by atoms with E-state index in [-0.39, 0.29) is 11.1 Å². The van der Waals surface area contributed by atoms with E-state index in [4.69, 9.17) is 5.11 Å². The van der Waals surface area contributed by atoms with Crippen LogP contribution < -0.4 is 10.9 Å². The van der Waals surface area contributed by atoms with Gasteiger partial charge in [-0.3, -0.25) is 9.59 Å². The van der Waals surface area contributed by atoms with Crippen LogP contribution in [0.2, 0.25) is 0 Å². The molecule has 0 saturated heterocycles. The fraction of sp³-hybridized carbons (Fsp3) is 0.250. The first-order valence-corrected chi connectivity index (χ1v) is 5.72. The Morgan fingerprint density at radius 2 is 2.00 bits per heavy atom. The van der Waals surface area contributed by atoms with Crippen molar-refractivity contribution in [2.24, 2.45) is 0 Å². The predicted molar refractivity (Wildman–Crippen MR) is 66.7 cm³/mol. The van der Waals surface area contributed by atoms with E-state index >= 15 is 0 Å². The molecule has 0 spiro atoms. The zero-order chi connectivity index (χ0) is 14.7. The van der Waals surface area contributed by atoms with E-state index in [1.165, 1.54) is 12.1 Å². The Bertz CT molecular complexity index is 687.